The van der Waals surface area contributed by atoms with Crippen LogP contribution < -0.4 is 0 Å². The zero-order valence-corrected chi connectivity index (χ0v) is 7.12. The topological polar surface area (TPSA) is 58.9 Å². The Bertz CT molecular complexity index is 200. The Morgan fingerprint density at radius 3 is 3.08 bits per heavy atom. The van der Waals surface area contributed by atoms with E-state index in [1.165, 1.54) is 0 Å². The van der Waals surface area contributed by atoms with Crippen LogP contribution in [0.1, 0.15) is 26.2 Å². The van der Waals surface area contributed by atoms with E-state index < -0.39 is 5.97 Å². The Kier molecular flexibility index (Phi) is 3.08. The van der Waals surface area contributed by atoms with E-state index in [-0.39, 0.29) is 12.5 Å². The molecular weight excluding hydrogens is 158 g/mol. The van der Waals surface area contributed by atoms with E-state index in [1.54, 1.807) is 0 Å². The molecule has 0 radical (unpaired) electrons. The highest BCUT2D eigenvalue weighted by Gasteiger charge is 2.16. The summed E-state index contributed by atoms with van der Waals surface area (Å²) in [6, 6.07) is 0.244. The molecule has 1 rings (SSSR count). The molecule has 68 valence electrons. The van der Waals surface area contributed by atoms with Crippen LogP contribution in [0.15, 0.2) is 4.99 Å². The maximum absolute atomic E-state index is 10.2. The number of nitrogens with zero attached hydrogens (tertiary/aromatic N) is 1. The van der Waals surface area contributed by atoms with Gasteiger partial charge in [0.2, 0.25) is 0 Å². The van der Waals surface area contributed by atoms with Gasteiger partial charge in [-0.1, -0.05) is 6.92 Å². The van der Waals surface area contributed by atoms with Crippen molar-refractivity contribution in [3.05, 3.63) is 0 Å². The van der Waals surface area contributed by atoms with E-state index in [0.717, 1.165) is 6.42 Å². The minimum absolute atomic E-state index is 0.106. The van der Waals surface area contributed by atoms with Crippen LogP contribution in [0.25, 0.3) is 0 Å². The molecule has 4 nitrogen and oxygen atoms in total. The summed E-state index contributed by atoms with van der Waals surface area (Å²) in [6.45, 7) is 2.66. The highest BCUT2D eigenvalue weighted by atomic mass is 16.5. The van der Waals surface area contributed by atoms with Crippen LogP contribution in [0.4, 0.5) is 0 Å². The van der Waals surface area contributed by atoms with E-state index in [0.29, 0.717) is 18.9 Å². The molecule has 0 fully saturated rings. The molecule has 1 aliphatic rings. The van der Waals surface area contributed by atoms with Crippen molar-refractivity contribution in [2.45, 2.75) is 32.2 Å². The summed E-state index contributed by atoms with van der Waals surface area (Å²) in [7, 11) is 0. The monoisotopic (exact) mass is 171 g/mol. The van der Waals surface area contributed by atoms with Crippen molar-refractivity contribution < 1.29 is 14.6 Å². The van der Waals surface area contributed by atoms with Gasteiger partial charge in [0.25, 0.3) is 0 Å². The summed E-state index contributed by atoms with van der Waals surface area (Å²) >= 11 is 0. The SMILES string of the molecule is CCC1COC(CCC(=O)O)=N1. The van der Waals surface area contributed by atoms with Crippen LogP contribution in [0.2, 0.25) is 0 Å². The third kappa shape index (κ3) is 2.53. The number of hydrogen-bond acceptors (Lipinski definition) is 3. The highest BCUT2D eigenvalue weighted by molar-refractivity contribution is 5.81. The van der Waals surface area contributed by atoms with Crippen molar-refractivity contribution in [1.29, 1.82) is 0 Å². The lowest BCUT2D eigenvalue weighted by Gasteiger charge is -1.97. The number of aliphatic imine (C=N–C) groups is 1. The Morgan fingerprint density at radius 2 is 2.58 bits per heavy atom. The summed E-state index contributed by atoms with van der Waals surface area (Å²) < 4.78 is 5.19. The number of ether oxygens (including phenoxy) is 1. The van der Waals surface area contributed by atoms with Gasteiger partial charge in [-0.2, -0.15) is 0 Å². The first-order valence-electron chi connectivity index (χ1n) is 4.13. The van der Waals surface area contributed by atoms with E-state index in [4.69, 9.17) is 9.84 Å². The summed E-state index contributed by atoms with van der Waals surface area (Å²) in [5.41, 5.74) is 0. The second-order valence-electron chi connectivity index (χ2n) is 2.79. The van der Waals surface area contributed by atoms with Crippen LogP contribution in [0.5, 0.6) is 0 Å². The average molecular weight is 171 g/mol. The molecule has 0 bridgehead atoms. The molecule has 0 spiro atoms. The molecule has 1 heterocycles. The molecule has 0 amide bonds. The number of carboxylic acids is 1. The standard InChI is InChI=1S/C8H13NO3/c1-2-6-5-12-7(9-6)3-4-8(10)11/h6H,2-5H2,1H3,(H,10,11). The van der Waals surface area contributed by atoms with Gasteiger partial charge < -0.3 is 9.84 Å². The molecule has 0 aliphatic carbocycles. The first-order valence-corrected chi connectivity index (χ1v) is 4.13. The quantitative estimate of drug-likeness (QED) is 0.688. The van der Waals surface area contributed by atoms with E-state index in [2.05, 4.69) is 4.99 Å². The molecule has 0 aromatic carbocycles. The van der Waals surface area contributed by atoms with Crippen molar-refractivity contribution in [3.63, 3.8) is 0 Å². The normalized spacial score (nSPS) is 21.8. The number of carboxylic acid groups (broad SMARTS) is 1. The maximum atomic E-state index is 10.2. The van der Waals surface area contributed by atoms with Crippen molar-refractivity contribution in [2.24, 2.45) is 4.99 Å². The Labute approximate surface area is 71.3 Å². The summed E-state index contributed by atoms with van der Waals surface area (Å²) in [6.07, 6.45) is 1.48. The predicted octanol–water partition coefficient (Wildman–Crippen LogP) is 1.06. The van der Waals surface area contributed by atoms with Crippen LogP contribution in [-0.2, 0) is 9.53 Å². The van der Waals surface area contributed by atoms with Crippen molar-refractivity contribution in [1.82, 2.24) is 0 Å². The Morgan fingerprint density at radius 1 is 1.83 bits per heavy atom. The largest absolute Gasteiger partial charge is 0.481 e. The lowest BCUT2D eigenvalue weighted by molar-refractivity contribution is -0.136. The molecule has 1 atom stereocenters. The van der Waals surface area contributed by atoms with E-state index in [1.807, 2.05) is 6.92 Å². The van der Waals surface area contributed by atoms with Crippen LogP contribution in [-0.4, -0.2) is 29.6 Å². The number of aliphatic carboxylic acids is 1. The predicted molar refractivity (Wildman–Crippen MR) is 44.3 cm³/mol. The molecule has 1 aliphatic heterocycles. The molecule has 0 saturated heterocycles. The first kappa shape index (κ1) is 9.03. The average Bonchev–Trinajstić information content (AvgIpc) is 2.48. The molecule has 0 saturated carbocycles. The lowest BCUT2D eigenvalue weighted by atomic mass is 10.3. The minimum Gasteiger partial charge on any atom is -0.481 e. The molecule has 0 aromatic heterocycles. The van der Waals surface area contributed by atoms with Gasteiger partial charge >= 0.3 is 5.97 Å². The highest BCUT2D eigenvalue weighted by Crippen LogP contribution is 2.10. The van der Waals surface area contributed by atoms with Crippen molar-refractivity contribution in [3.8, 4) is 0 Å². The van der Waals surface area contributed by atoms with Crippen molar-refractivity contribution in [2.75, 3.05) is 6.61 Å². The van der Waals surface area contributed by atoms with Gasteiger partial charge in [0, 0.05) is 6.42 Å². The third-order valence-corrected chi connectivity index (χ3v) is 1.79. The summed E-state index contributed by atoms with van der Waals surface area (Å²) in [5, 5.41) is 8.39. The smallest absolute Gasteiger partial charge is 0.303 e. The zero-order valence-electron chi connectivity index (χ0n) is 7.12. The van der Waals surface area contributed by atoms with Gasteiger partial charge in [0.1, 0.15) is 6.61 Å². The van der Waals surface area contributed by atoms with Gasteiger partial charge in [-0.05, 0) is 6.42 Å². The fourth-order valence-electron chi connectivity index (χ4n) is 1.03. The van der Waals surface area contributed by atoms with Crippen LogP contribution >= 0.6 is 0 Å². The number of hydrogen-bond donors (Lipinski definition) is 1. The number of rotatable bonds is 4. The maximum Gasteiger partial charge on any atom is 0.303 e. The second-order valence-corrected chi connectivity index (χ2v) is 2.79. The molecule has 12 heavy (non-hydrogen) atoms. The summed E-state index contributed by atoms with van der Waals surface area (Å²) in [5.74, 6) is -0.203. The van der Waals surface area contributed by atoms with Crippen molar-refractivity contribution >= 4 is 11.9 Å². The molecule has 0 aromatic rings. The fourth-order valence-corrected chi connectivity index (χ4v) is 1.03. The van der Waals surface area contributed by atoms with E-state index >= 15 is 0 Å². The van der Waals surface area contributed by atoms with Crippen LogP contribution in [0.3, 0.4) is 0 Å². The van der Waals surface area contributed by atoms with Gasteiger partial charge in [0.15, 0.2) is 5.90 Å². The number of carbonyl (C=O) groups is 1. The molecular formula is C8H13NO3. The molecule has 4 heteroatoms. The third-order valence-electron chi connectivity index (χ3n) is 1.79. The first-order chi connectivity index (χ1) is 5.72. The lowest BCUT2D eigenvalue weighted by Crippen LogP contribution is -2.04. The Hall–Kier alpha value is -1.06. The van der Waals surface area contributed by atoms with Gasteiger partial charge in [-0.25, -0.2) is 4.99 Å². The summed E-state index contributed by atoms with van der Waals surface area (Å²) in [4.78, 5) is 14.4. The van der Waals surface area contributed by atoms with E-state index in [9.17, 15) is 4.79 Å². The van der Waals surface area contributed by atoms with Gasteiger partial charge in [-0.3, -0.25) is 4.79 Å². The zero-order chi connectivity index (χ0) is 8.97. The molecule has 1 unspecified atom stereocenters. The fraction of sp³-hybridized carbons (Fsp3) is 0.750. The van der Waals surface area contributed by atoms with Gasteiger partial charge in [-0.15, -0.1) is 0 Å². The molecule has 1 N–H and O–H groups in total. The Balaban J connectivity index is 2.29. The van der Waals surface area contributed by atoms with Crippen LogP contribution in [0, 0.1) is 0 Å². The van der Waals surface area contributed by atoms with Gasteiger partial charge in [0.05, 0.1) is 12.5 Å². The minimum atomic E-state index is -0.804. The second kappa shape index (κ2) is 4.09.